The molecular formula is C15H22N2O2. The first-order valence-corrected chi connectivity index (χ1v) is 6.90. The third-order valence-corrected chi connectivity index (χ3v) is 3.73. The fraction of sp³-hybridized carbons (Fsp3) is 0.600. The zero-order valence-electron chi connectivity index (χ0n) is 11.8. The van der Waals surface area contributed by atoms with Crippen LogP contribution in [0.3, 0.4) is 0 Å². The van der Waals surface area contributed by atoms with Crippen molar-refractivity contribution in [2.45, 2.75) is 39.2 Å². The number of anilines is 1. The van der Waals surface area contributed by atoms with Gasteiger partial charge >= 0.3 is 5.97 Å². The van der Waals surface area contributed by atoms with E-state index in [4.69, 9.17) is 4.74 Å². The van der Waals surface area contributed by atoms with Gasteiger partial charge in [0.1, 0.15) is 11.4 Å². The van der Waals surface area contributed by atoms with Gasteiger partial charge in [0.2, 0.25) is 0 Å². The number of hydrogen-bond donors (Lipinski definition) is 1. The van der Waals surface area contributed by atoms with E-state index in [0.717, 1.165) is 12.8 Å². The van der Waals surface area contributed by atoms with Gasteiger partial charge in [0.25, 0.3) is 0 Å². The van der Waals surface area contributed by atoms with Crippen molar-refractivity contribution in [1.29, 1.82) is 0 Å². The van der Waals surface area contributed by atoms with Crippen molar-refractivity contribution in [2.75, 3.05) is 12.4 Å². The summed E-state index contributed by atoms with van der Waals surface area (Å²) in [5.74, 6) is 1.73. The molecule has 2 unspecified atom stereocenters. The summed E-state index contributed by atoms with van der Waals surface area (Å²) >= 11 is 0. The third kappa shape index (κ3) is 3.46. The largest absolute Gasteiger partial charge is 0.465 e. The van der Waals surface area contributed by atoms with Crippen molar-refractivity contribution >= 4 is 11.8 Å². The Balaban J connectivity index is 2.12. The maximum Gasteiger partial charge on any atom is 0.341 e. The van der Waals surface area contributed by atoms with Crippen LogP contribution in [0, 0.1) is 11.8 Å². The predicted octanol–water partition coefficient (Wildman–Crippen LogP) is 3.10. The molecule has 2 rings (SSSR count). The number of esters is 1. The minimum absolute atomic E-state index is 0.340. The number of pyridine rings is 1. The lowest BCUT2D eigenvalue weighted by molar-refractivity contribution is 0.0601. The molecule has 1 aliphatic rings. The molecule has 0 radical (unpaired) electrons. The van der Waals surface area contributed by atoms with E-state index in [-0.39, 0.29) is 5.97 Å². The van der Waals surface area contributed by atoms with Crippen LogP contribution in [0.15, 0.2) is 18.3 Å². The smallest absolute Gasteiger partial charge is 0.341 e. The highest BCUT2D eigenvalue weighted by Gasteiger charge is 2.25. The van der Waals surface area contributed by atoms with Gasteiger partial charge in [-0.05, 0) is 43.2 Å². The summed E-state index contributed by atoms with van der Waals surface area (Å²) in [6, 6.07) is 3.89. The first kappa shape index (κ1) is 13.8. The number of aromatic nitrogens is 1. The zero-order chi connectivity index (χ0) is 13.8. The van der Waals surface area contributed by atoms with Crippen molar-refractivity contribution in [3.8, 4) is 0 Å². The second-order valence-electron chi connectivity index (χ2n) is 5.65. The lowest BCUT2D eigenvalue weighted by atomic mass is 9.80. The van der Waals surface area contributed by atoms with Crippen molar-refractivity contribution in [2.24, 2.45) is 11.8 Å². The molecular weight excluding hydrogens is 240 g/mol. The van der Waals surface area contributed by atoms with Crippen LogP contribution >= 0.6 is 0 Å². The van der Waals surface area contributed by atoms with Crippen LogP contribution in [0.5, 0.6) is 0 Å². The van der Waals surface area contributed by atoms with E-state index in [1.165, 1.54) is 13.5 Å². The molecule has 0 saturated heterocycles. The van der Waals surface area contributed by atoms with Crippen molar-refractivity contribution < 1.29 is 9.53 Å². The topological polar surface area (TPSA) is 51.2 Å². The number of ether oxygens (including phenoxy) is 1. The van der Waals surface area contributed by atoms with Gasteiger partial charge in [0.05, 0.1) is 7.11 Å². The summed E-state index contributed by atoms with van der Waals surface area (Å²) < 4.78 is 4.79. The molecule has 4 heteroatoms. The lowest BCUT2D eigenvalue weighted by Gasteiger charge is -2.32. The van der Waals surface area contributed by atoms with E-state index in [1.807, 2.05) is 0 Å². The molecule has 0 spiro atoms. The van der Waals surface area contributed by atoms with Crippen molar-refractivity contribution in [3.63, 3.8) is 0 Å². The van der Waals surface area contributed by atoms with Crippen LogP contribution in [0.1, 0.15) is 43.5 Å². The number of methoxy groups -OCH3 is 1. The number of hydrogen-bond acceptors (Lipinski definition) is 4. The maximum atomic E-state index is 11.7. The van der Waals surface area contributed by atoms with Gasteiger partial charge in [-0.3, -0.25) is 0 Å². The number of nitrogens with zero attached hydrogens (tertiary/aromatic N) is 1. The molecule has 104 valence electrons. The molecule has 1 aromatic rings. The Morgan fingerprint density at radius 2 is 2.00 bits per heavy atom. The van der Waals surface area contributed by atoms with E-state index in [0.29, 0.717) is 29.3 Å². The fourth-order valence-corrected chi connectivity index (χ4v) is 3.05. The molecule has 19 heavy (non-hydrogen) atoms. The molecule has 1 N–H and O–H groups in total. The molecule has 1 fully saturated rings. The Labute approximate surface area is 114 Å². The monoisotopic (exact) mass is 262 g/mol. The van der Waals surface area contributed by atoms with Gasteiger partial charge in [0, 0.05) is 12.2 Å². The van der Waals surface area contributed by atoms with Gasteiger partial charge in [0.15, 0.2) is 0 Å². The SMILES string of the molecule is COC(=O)c1cccnc1NC1CC(C)CC(C)C1. The average molecular weight is 262 g/mol. The molecule has 0 aromatic carbocycles. The number of carbonyl (C=O) groups excluding carboxylic acids is 1. The number of nitrogens with one attached hydrogen (secondary N) is 1. The Bertz CT molecular complexity index is 438. The van der Waals surface area contributed by atoms with Crippen LogP contribution < -0.4 is 5.32 Å². The van der Waals surface area contributed by atoms with Gasteiger partial charge in [-0.15, -0.1) is 0 Å². The van der Waals surface area contributed by atoms with Crippen LogP contribution in [0.25, 0.3) is 0 Å². The summed E-state index contributed by atoms with van der Waals surface area (Å²) in [4.78, 5) is 16.0. The Morgan fingerprint density at radius 1 is 1.32 bits per heavy atom. The first-order valence-electron chi connectivity index (χ1n) is 6.90. The van der Waals surface area contributed by atoms with E-state index >= 15 is 0 Å². The molecule has 0 aliphatic heterocycles. The summed E-state index contributed by atoms with van der Waals surface area (Å²) in [6.07, 6.45) is 5.23. The van der Waals surface area contributed by atoms with Gasteiger partial charge in [-0.25, -0.2) is 9.78 Å². The minimum Gasteiger partial charge on any atom is -0.465 e. The minimum atomic E-state index is -0.340. The molecule has 0 amide bonds. The standard InChI is InChI=1S/C15H22N2O2/c1-10-7-11(2)9-12(8-10)17-14-13(15(18)19-3)5-4-6-16-14/h4-6,10-12H,7-9H2,1-3H3,(H,16,17). The lowest BCUT2D eigenvalue weighted by Crippen LogP contribution is -2.31. The highest BCUT2D eigenvalue weighted by atomic mass is 16.5. The average Bonchev–Trinajstić information content (AvgIpc) is 2.37. The van der Waals surface area contributed by atoms with Crippen LogP contribution in [-0.2, 0) is 4.74 Å². The molecule has 1 heterocycles. The highest BCUT2D eigenvalue weighted by molar-refractivity contribution is 5.94. The van der Waals surface area contributed by atoms with Crippen molar-refractivity contribution in [3.05, 3.63) is 23.9 Å². The zero-order valence-corrected chi connectivity index (χ0v) is 11.8. The number of rotatable bonds is 3. The quantitative estimate of drug-likeness (QED) is 0.850. The predicted molar refractivity (Wildman–Crippen MR) is 75.2 cm³/mol. The highest BCUT2D eigenvalue weighted by Crippen LogP contribution is 2.30. The van der Waals surface area contributed by atoms with E-state index in [9.17, 15) is 4.79 Å². The number of carbonyl (C=O) groups is 1. The maximum absolute atomic E-state index is 11.7. The summed E-state index contributed by atoms with van der Waals surface area (Å²) in [5.41, 5.74) is 0.510. The molecule has 1 aromatic heterocycles. The van der Waals surface area contributed by atoms with E-state index in [2.05, 4.69) is 24.1 Å². The molecule has 1 saturated carbocycles. The summed E-state index contributed by atoms with van der Waals surface area (Å²) in [6.45, 7) is 4.56. The van der Waals surface area contributed by atoms with Gasteiger partial charge in [-0.1, -0.05) is 13.8 Å². The first-order chi connectivity index (χ1) is 9.10. The van der Waals surface area contributed by atoms with Crippen LogP contribution in [-0.4, -0.2) is 24.1 Å². The van der Waals surface area contributed by atoms with Gasteiger partial charge in [-0.2, -0.15) is 0 Å². The molecule has 2 atom stereocenters. The fourth-order valence-electron chi connectivity index (χ4n) is 3.05. The second-order valence-corrected chi connectivity index (χ2v) is 5.65. The summed E-state index contributed by atoms with van der Waals surface area (Å²) in [5, 5.41) is 3.41. The molecule has 4 nitrogen and oxygen atoms in total. The Kier molecular flexibility index (Phi) is 4.40. The summed E-state index contributed by atoms with van der Waals surface area (Å²) in [7, 11) is 1.39. The van der Waals surface area contributed by atoms with E-state index < -0.39 is 0 Å². The van der Waals surface area contributed by atoms with E-state index in [1.54, 1.807) is 18.3 Å². The third-order valence-electron chi connectivity index (χ3n) is 3.73. The molecule has 0 bridgehead atoms. The Morgan fingerprint density at radius 3 is 2.63 bits per heavy atom. The normalized spacial score (nSPS) is 26.8. The van der Waals surface area contributed by atoms with Crippen LogP contribution in [0.2, 0.25) is 0 Å². The van der Waals surface area contributed by atoms with Gasteiger partial charge < -0.3 is 10.1 Å². The second kappa shape index (κ2) is 6.04. The molecule has 1 aliphatic carbocycles. The van der Waals surface area contributed by atoms with Crippen LogP contribution in [0.4, 0.5) is 5.82 Å². The Hall–Kier alpha value is -1.58. The van der Waals surface area contributed by atoms with Crippen molar-refractivity contribution in [1.82, 2.24) is 4.98 Å².